The van der Waals surface area contributed by atoms with Crippen molar-refractivity contribution in [3.8, 4) is 0 Å². The van der Waals surface area contributed by atoms with Gasteiger partial charge in [0.25, 0.3) is 0 Å². The molecule has 0 spiro atoms. The van der Waals surface area contributed by atoms with Gasteiger partial charge >= 0.3 is 0 Å². The Morgan fingerprint density at radius 3 is 2.39 bits per heavy atom. The largest absolute Gasteiger partial charge is 0.383 e. The number of nitrogens with one attached hydrogen (secondary N) is 1. The Morgan fingerprint density at radius 1 is 1.07 bits per heavy atom. The Kier molecular flexibility index (Phi) is 6.27. The van der Waals surface area contributed by atoms with Gasteiger partial charge in [-0.25, -0.2) is 0 Å². The Bertz CT molecular complexity index is 696. The van der Waals surface area contributed by atoms with E-state index in [0.717, 1.165) is 31.4 Å². The van der Waals surface area contributed by atoms with Gasteiger partial charge in [0.15, 0.2) is 0 Å². The van der Waals surface area contributed by atoms with Crippen molar-refractivity contribution in [2.24, 2.45) is 5.92 Å². The summed E-state index contributed by atoms with van der Waals surface area (Å²) in [6, 6.07) is 7.69. The predicted octanol–water partition coefficient (Wildman–Crippen LogP) is 6.20. The second-order valence-electron chi connectivity index (χ2n) is 9.58. The van der Waals surface area contributed by atoms with Crippen molar-refractivity contribution in [2.45, 2.75) is 89.0 Å². The van der Waals surface area contributed by atoms with Crippen LogP contribution in [0, 0.1) is 5.92 Å². The van der Waals surface area contributed by atoms with Gasteiger partial charge in [0.05, 0.1) is 6.61 Å². The van der Waals surface area contributed by atoms with Crippen molar-refractivity contribution >= 4 is 5.57 Å². The molecule has 3 aliphatic carbocycles. The van der Waals surface area contributed by atoms with Crippen LogP contribution >= 0.6 is 0 Å². The van der Waals surface area contributed by atoms with Crippen molar-refractivity contribution in [2.75, 3.05) is 20.3 Å². The minimum absolute atomic E-state index is 0.0260. The minimum Gasteiger partial charge on any atom is -0.383 e. The van der Waals surface area contributed by atoms with Crippen LogP contribution in [0.5, 0.6) is 0 Å². The zero-order valence-corrected chi connectivity index (χ0v) is 18.2. The number of benzene rings is 1. The molecule has 1 aromatic carbocycles. The molecule has 2 heteroatoms. The number of methoxy groups -OCH3 is 1. The summed E-state index contributed by atoms with van der Waals surface area (Å²) < 4.78 is 5.87. The van der Waals surface area contributed by atoms with E-state index >= 15 is 0 Å². The van der Waals surface area contributed by atoms with Crippen molar-refractivity contribution < 1.29 is 4.74 Å². The third-order valence-electron chi connectivity index (χ3n) is 7.57. The second-order valence-corrected chi connectivity index (χ2v) is 9.58. The topological polar surface area (TPSA) is 21.3 Å². The molecule has 2 fully saturated rings. The zero-order chi connectivity index (χ0) is 19.6. The smallest absolute Gasteiger partial charge is 0.0595 e. The highest BCUT2D eigenvalue weighted by Crippen LogP contribution is 2.53. The summed E-state index contributed by atoms with van der Waals surface area (Å²) in [6.07, 6.45) is 14.9. The van der Waals surface area contributed by atoms with Crippen LogP contribution in [0.4, 0.5) is 0 Å². The van der Waals surface area contributed by atoms with Gasteiger partial charge in [-0.1, -0.05) is 56.9 Å². The maximum absolute atomic E-state index is 5.87. The highest BCUT2D eigenvalue weighted by molar-refractivity contribution is 5.81. The summed E-state index contributed by atoms with van der Waals surface area (Å²) in [7, 11) is 1.88. The van der Waals surface area contributed by atoms with Gasteiger partial charge in [-0.15, -0.1) is 0 Å². The fraction of sp³-hybridized carbons (Fsp3) is 0.692. The van der Waals surface area contributed by atoms with E-state index < -0.39 is 0 Å². The molecular weight excluding hydrogens is 342 g/mol. The van der Waals surface area contributed by atoms with Gasteiger partial charge in [0.2, 0.25) is 0 Å². The van der Waals surface area contributed by atoms with Gasteiger partial charge in [0, 0.05) is 18.6 Å². The summed E-state index contributed by atoms with van der Waals surface area (Å²) in [5.74, 6) is 1.53. The first-order chi connectivity index (χ1) is 13.7. The molecule has 28 heavy (non-hydrogen) atoms. The van der Waals surface area contributed by atoms with Crippen LogP contribution in [0.2, 0.25) is 0 Å². The number of hydrogen-bond acceptors (Lipinski definition) is 2. The molecule has 0 saturated heterocycles. The summed E-state index contributed by atoms with van der Waals surface area (Å²) in [6.45, 7) is 6.36. The number of rotatable bonds is 8. The van der Waals surface area contributed by atoms with Gasteiger partial charge in [0.1, 0.15) is 0 Å². The summed E-state index contributed by atoms with van der Waals surface area (Å²) >= 11 is 0. The van der Waals surface area contributed by atoms with Gasteiger partial charge < -0.3 is 10.1 Å². The molecule has 1 aromatic rings. The first-order valence-electron chi connectivity index (χ1n) is 11.8. The molecule has 0 bridgehead atoms. The van der Waals surface area contributed by atoms with Crippen LogP contribution in [-0.4, -0.2) is 26.3 Å². The fourth-order valence-electron chi connectivity index (χ4n) is 6.46. The SMILES string of the molecule is CCNC(C)CC1(COC)C=C(C2CCCC2)c2c(C3CCCC3)cccc21. The number of hydrogen-bond donors (Lipinski definition) is 1. The maximum Gasteiger partial charge on any atom is 0.0595 e. The highest BCUT2D eigenvalue weighted by atomic mass is 16.5. The van der Waals surface area contributed by atoms with E-state index in [1.807, 2.05) is 7.11 Å². The summed E-state index contributed by atoms with van der Waals surface area (Å²) in [5, 5.41) is 3.66. The molecular formula is C26H39NO. The van der Waals surface area contributed by atoms with Crippen LogP contribution < -0.4 is 5.32 Å². The molecule has 2 saturated carbocycles. The van der Waals surface area contributed by atoms with E-state index in [9.17, 15) is 0 Å². The maximum atomic E-state index is 5.87. The number of allylic oxidation sites excluding steroid dienone is 1. The molecule has 0 aromatic heterocycles. The molecule has 0 radical (unpaired) electrons. The van der Waals surface area contributed by atoms with Gasteiger partial charge in [-0.05, 0) is 79.7 Å². The Hall–Kier alpha value is -1.12. The lowest BCUT2D eigenvalue weighted by atomic mass is 9.76. The molecule has 2 unspecified atom stereocenters. The van der Waals surface area contributed by atoms with Crippen LogP contribution in [0.3, 0.4) is 0 Å². The molecule has 4 rings (SSSR count). The van der Waals surface area contributed by atoms with Crippen LogP contribution in [0.25, 0.3) is 5.57 Å². The normalized spacial score (nSPS) is 26.6. The number of ether oxygens (including phenoxy) is 1. The average molecular weight is 382 g/mol. The summed E-state index contributed by atoms with van der Waals surface area (Å²) in [4.78, 5) is 0. The van der Waals surface area contributed by atoms with E-state index in [4.69, 9.17) is 4.74 Å². The lowest BCUT2D eigenvalue weighted by molar-refractivity contribution is 0.142. The van der Waals surface area contributed by atoms with Crippen LogP contribution in [-0.2, 0) is 10.2 Å². The second kappa shape index (κ2) is 8.71. The monoisotopic (exact) mass is 381 g/mol. The van der Waals surface area contributed by atoms with Gasteiger partial charge in [-0.2, -0.15) is 0 Å². The van der Waals surface area contributed by atoms with Crippen molar-refractivity contribution in [3.63, 3.8) is 0 Å². The average Bonchev–Trinajstić information content (AvgIpc) is 3.43. The van der Waals surface area contributed by atoms with Crippen molar-refractivity contribution in [1.29, 1.82) is 0 Å². The Balaban J connectivity index is 1.81. The first kappa shape index (κ1) is 20.2. The summed E-state index contributed by atoms with van der Waals surface area (Å²) in [5.41, 5.74) is 6.56. The lowest BCUT2D eigenvalue weighted by Crippen LogP contribution is -2.37. The Labute approximate surface area is 172 Å². The molecule has 1 N–H and O–H groups in total. The predicted molar refractivity (Wildman–Crippen MR) is 119 cm³/mol. The molecule has 2 atom stereocenters. The third-order valence-corrected chi connectivity index (χ3v) is 7.57. The van der Waals surface area contributed by atoms with Crippen molar-refractivity contribution in [1.82, 2.24) is 5.32 Å². The highest BCUT2D eigenvalue weighted by Gasteiger charge is 2.43. The van der Waals surface area contributed by atoms with Crippen LogP contribution in [0.1, 0.15) is 94.2 Å². The quantitative estimate of drug-likeness (QED) is 0.578. The third kappa shape index (κ3) is 3.71. The number of fused-ring (bicyclic) bond motifs is 1. The van der Waals surface area contributed by atoms with Crippen LogP contribution in [0.15, 0.2) is 24.3 Å². The van der Waals surface area contributed by atoms with E-state index in [0.29, 0.717) is 6.04 Å². The Morgan fingerprint density at radius 2 is 1.75 bits per heavy atom. The molecule has 0 heterocycles. The molecule has 3 aliphatic rings. The van der Waals surface area contributed by atoms with Crippen molar-refractivity contribution in [3.05, 3.63) is 41.0 Å². The lowest BCUT2D eigenvalue weighted by Gasteiger charge is -2.32. The minimum atomic E-state index is 0.0260. The zero-order valence-electron chi connectivity index (χ0n) is 18.2. The van der Waals surface area contributed by atoms with E-state index in [2.05, 4.69) is 43.4 Å². The fourth-order valence-corrected chi connectivity index (χ4v) is 6.46. The molecule has 0 amide bonds. The molecule has 2 nitrogen and oxygen atoms in total. The first-order valence-corrected chi connectivity index (χ1v) is 11.8. The van der Waals surface area contributed by atoms with E-state index in [-0.39, 0.29) is 5.41 Å². The molecule has 154 valence electrons. The van der Waals surface area contributed by atoms with E-state index in [1.165, 1.54) is 51.4 Å². The standard InChI is InChI=1S/C26H39NO/c1-4-27-19(2)16-26(18-28-3)17-23(21-12-7-8-13-21)25-22(14-9-15-24(25)26)20-10-5-6-11-20/h9,14-15,17,19-21,27H,4-8,10-13,16,18H2,1-3H3. The molecule has 0 aliphatic heterocycles. The van der Waals surface area contributed by atoms with Gasteiger partial charge in [-0.3, -0.25) is 0 Å². The van der Waals surface area contributed by atoms with E-state index in [1.54, 1.807) is 22.3 Å².